The number of rotatable bonds is 7. The third kappa shape index (κ3) is 5.59. The molecule has 1 aliphatic rings. The number of anilines is 1. The molecule has 3 rings (SSSR count). The van der Waals surface area contributed by atoms with Crippen LogP contribution in [0.3, 0.4) is 0 Å². The smallest absolute Gasteiger partial charge is 0.321 e. The first-order valence-corrected chi connectivity index (χ1v) is 10.2. The Morgan fingerprint density at radius 3 is 2.35 bits per heavy atom. The number of nitrogens with one attached hydrogen (secondary N) is 2. The van der Waals surface area contributed by atoms with Gasteiger partial charge in [-0.3, -0.25) is 4.79 Å². The van der Waals surface area contributed by atoms with Crippen molar-refractivity contribution in [3.8, 4) is 17.2 Å². The molecular weight excluding hydrogens is 398 g/mol. The monoisotopic (exact) mass is 427 g/mol. The lowest BCUT2D eigenvalue weighted by molar-refractivity contribution is -0.126. The third-order valence-electron chi connectivity index (χ3n) is 5.34. The topological polar surface area (TPSA) is 89.1 Å². The summed E-state index contributed by atoms with van der Waals surface area (Å²) in [4.78, 5) is 27.1. The van der Waals surface area contributed by atoms with Gasteiger partial charge in [-0.2, -0.15) is 0 Å². The Kier molecular flexibility index (Phi) is 7.59. The third-order valence-corrected chi connectivity index (χ3v) is 5.34. The molecule has 0 unspecified atom stereocenters. The molecule has 2 aromatic rings. The van der Waals surface area contributed by atoms with E-state index in [1.54, 1.807) is 38.4 Å². The molecule has 1 fully saturated rings. The molecule has 0 radical (unpaired) electrons. The second-order valence-electron chi connectivity index (χ2n) is 7.32. The zero-order valence-corrected chi connectivity index (χ0v) is 18.1. The number of methoxy groups -OCH3 is 3. The highest BCUT2D eigenvalue weighted by Gasteiger charge is 2.28. The van der Waals surface area contributed by atoms with E-state index in [1.165, 1.54) is 0 Å². The molecule has 1 atom stereocenters. The average Bonchev–Trinajstić information content (AvgIpc) is 2.82. The van der Waals surface area contributed by atoms with Gasteiger partial charge >= 0.3 is 6.03 Å². The van der Waals surface area contributed by atoms with Crippen molar-refractivity contribution in [1.82, 2.24) is 10.2 Å². The molecule has 0 aliphatic carbocycles. The van der Waals surface area contributed by atoms with E-state index in [2.05, 4.69) is 10.6 Å². The molecule has 2 N–H and O–H groups in total. The Bertz CT molecular complexity index is 904. The Morgan fingerprint density at radius 2 is 1.68 bits per heavy atom. The van der Waals surface area contributed by atoms with Crippen molar-refractivity contribution in [2.45, 2.75) is 19.4 Å². The quantitative estimate of drug-likeness (QED) is 0.708. The van der Waals surface area contributed by atoms with Gasteiger partial charge in [0.1, 0.15) is 5.75 Å². The lowest BCUT2D eigenvalue weighted by atomic mass is 9.97. The minimum absolute atomic E-state index is 0.0888. The molecule has 0 spiro atoms. The number of likely N-dealkylation sites (tertiary alicyclic amines) is 1. The highest BCUT2D eigenvalue weighted by Crippen LogP contribution is 2.34. The summed E-state index contributed by atoms with van der Waals surface area (Å²) < 4.78 is 16.1. The van der Waals surface area contributed by atoms with Crippen molar-refractivity contribution in [2.75, 3.05) is 39.7 Å². The normalized spacial score (nSPS) is 15.7. The van der Waals surface area contributed by atoms with Gasteiger partial charge in [-0.1, -0.05) is 18.2 Å². The lowest BCUT2D eigenvalue weighted by Gasteiger charge is -2.32. The van der Waals surface area contributed by atoms with E-state index < -0.39 is 0 Å². The van der Waals surface area contributed by atoms with Gasteiger partial charge in [-0.25, -0.2) is 4.79 Å². The van der Waals surface area contributed by atoms with Gasteiger partial charge in [0.25, 0.3) is 0 Å². The lowest BCUT2D eigenvalue weighted by Crippen LogP contribution is -2.46. The fourth-order valence-electron chi connectivity index (χ4n) is 3.66. The predicted molar refractivity (Wildman–Crippen MR) is 118 cm³/mol. The van der Waals surface area contributed by atoms with Crippen LogP contribution in [0.4, 0.5) is 10.5 Å². The van der Waals surface area contributed by atoms with Gasteiger partial charge in [0, 0.05) is 37.0 Å². The average molecular weight is 428 g/mol. The van der Waals surface area contributed by atoms with E-state index in [0.29, 0.717) is 30.3 Å². The number of benzene rings is 2. The van der Waals surface area contributed by atoms with Crippen LogP contribution in [0.5, 0.6) is 17.2 Å². The maximum absolute atomic E-state index is 12.8. The first-order valence-electron chi connectivity index (χ1n) is 10.2. The molecule has 1 heterocycles. The SMILES string of the molecule is COc1cc(OC)c(OC)cc1CNC(=O)[C@@H]1CCCN(C(=O)Nc2ccccc2)C1. The Hall–Kier alpha value is -3.42. The minimum Gasteiger partial charge on any atom is -0.496 e. The molecule has 2 aromatic carbocycles. The highest BCUT2D eigenvalue weighted by molar-refractivity contribution is 5.90. The summed E-state index contributed by atoms with van der Waals surface area (Å²) in [5.41, 5.74) is 1.52. The number of carbonyl (C=O) groups is 2. The summed E-state index contributed by atoms with van der Waals surface area (Å²) in [5, 5.41) is 5.85. The van der Waals surface area contributed by atoms with E-state index in [-0.39, 0.29) is 24.4 Å². The van der Waals surface area contributed by atoms with Crippen molar-refractivity contribution in [3.63, 3.8) is 0 Å². The number of ether oxygens (including phenoxy) is 3. The van der Waals surface area contributed by atoms with Crippen molar-refractivity contribution >= 4 is 17.6 Å². The fourth-order valence-corrected chi connectivity index (χ4v) is 3.66. The zero-order chi connectivity index (χ0) is 22.2. The van der Waals surface area contributed by atoms with Crippen LogP contribution in [0.1, 0.15) is 18.4 Å². The molecule has 31 heavy (non-hydrogen) atoms. The first-order chi connectivity index (χ1) is 15.0. The summed E-state index contributed by atoms with van der Waals surface area (Å²) in [6, 6.07) is 12.6. The maximum Gasteiger partial charge on any atom is 0.321 e. The molecule has 166 valence electrons. The summed E-state index contributed by atoms with van der Waals surface area (Å²) in [6.07, 6.45) is 1.52. The zero-order valence-electron chi connectivity index (χ0n) is 18.1. The van der Waals surface area contributed by atoms with Gasteiger partial charge in [-0.05, 0) is 31.0 Å². The van der Waals surface area contributed by atoms with Crippen LogP contribution in [-0.4, -0.2) is 51.3 Å². The molecule has 1 saturated heterocycles. The van der Waals surface area contributed by atoms with Crippen LogP contribution < -0.4 is 24.8 Å². The number of carbonyl (C=O) groups excluding carboxylic acids is 2. The van der Waals surface area contributed by atoms with Crippen molar-refractivity contribution in [3.05, 3.63) is 48.0 Å². The first kappa shape index (κ1) is 22.3. The number of amides is 3. The number of urea groups is 1. The largest absolute Gasteiger partial charge is 0.496 e. The number of para-hydroxylation sites is 1. The Labute approximate surface area is 182 Å². The second kappa shape index (κ2) is 10.6. The van der Waals surface area contributed by atoms with E-state index in [4.69, 9.17) is 14.2 Å². The second-order valence-corrected chi connectivity index (χ2v) is 7.32. The maximum atomic E-state index is 12.8. The van der Waals surface area contributed by atoms with Gasteiger partial charge < -0.3 is 29.7 Å². The number of hydrogen-bond acceptors (Lipinski definition) is 5. The van der Waals surface area contributed by atoms with Crippen LogP contribution in [0, 0.1) is 5.92 Å². The van der Waals surface area contributed by atoms with Gasteiger partial charge in [-0.15, -0.1) is 0 Å². The van der Waals surface area contributed by atoms with Crippen LogP contribution >= 0.6 is 0 Å². The molecule has 3 amide bonds. The predicted octanol–water partition coefficient (Wildman–Crippen LogP) is 3.27. The number of nitrogens with zero attached hydrogens (tertiary/aromatic N) is 1. The van der Waals surface area contributed by atoms with Crippen LogP contribution in [0.2, 0.25) is 0 Å². The van der Waals surface area contributed by atoms with Crippen LogP contribution in [0.15, 0.2) is 42.5 Å². The molecule has 8 nitrogen and oxygen atoms in total. The van der Waals surface area contributed by atoms with E-state index >= 15 is 0 Å². The Morgan fingerprint density at radius 1 is 1.00 bits per heavy atom. The molecule has 8 heteroatoms. The highest BCUT2D eigenvalue weighted by atomic mass is 16.5. The summed E-state index contributed by atoms with van der Waals surface area (Å²) >= 11 is 0. The minimum atomic E-state index is -0.263. The molecular formula is C23H29N3O5. The fraction of sp³-hybridized carbons (Fsp3) is 0.391. The Balaban J connectivity index is 1.60. The molecule has 0 bridgehead atoms. The summed E-state index contributed by atoms with van der Waals surface area (Å²) in [7, 11) is 4.68. The molecule has 1 aliphatic heterocycles. The van der Waals surface area contributed by atoms with Gasteiger partial charge in [0.05, 0.1) is 27.2 Å². The van der Waals surface area contributed by atoms with Gasteiger partial charge in [0.15, 0.2) is 11.5 Å². The van der Waals surface area contributed by atoms with E-state index in [9.17, 15) is 9.59 Å². The van der Waals surface area contributed by atoms with Crippen molar-refractivity contribution < 1.29 is 23.8 Å². The van der Waals surface area contributed by atoms with Crippen molar-refractivity contribution in [2.24, 2.45) is 5.92 Å². The number of piperidine rings is 1. The molecule has 0 aromatic heterocycles. The standard InChI is InChI=1S/C23H29N3O5/c1-29-19-13-21(31-3)20(30-2)12-17(19)14-24-22(27)16-8-7-11-26(15-16)23(28)25-18-9-5-4-6-10-18/h4-6,9-10,12-13,16H,7-8,11,14-15H2,1-3H3,(H,24,27)(H,25,28)/t16-/m1/s1. The summed E-state index contributed by atoms with van der Waals surface area (Å²) in [5.74, 6) is 1.37. The van der Waals surface area contributed by atoms with E-state index in [1.807, 2.05) is 30.3 Å². The van der Waals surface area contributed by atoms with Crippen molar-refractivity contribution in [1.29, 1.82) is 0 Å². The van der Waals surface area contributed by atoms with Gasteiger partial charge in [0.2, 0.25) is 5.91 Å². The molecule has 0 saturated carbocycles. The number of hydrogen-bond donors (Lipinski definition) is 2. The van der Waals surface area contributed by atoms with Crippen LogP contribution in [-0.2, 0) is 11.3 Å². The summed E-state index contributed by atoms with van der Waals surface area (Å²) in [6.45, 7) is 1.30. The van der Waals surface area contributed by atoms with Crippen LogP contribution in [0.25, 0.3) is 0 Å². The van der Waals surface area contributed by atoms with E-state index in [0.717, 1.165) is 24.1 Å².